The number of hydrogen-bond donors (Lipinski definition) is 3. The Labute approximate surface area is 561 Å². The number of phosphoric acid groups is 2. The van der Waals surface area contributed by atoms with Crippen LogP contribution in [0, 0.1) is 0 Å². The SMILES string of the molecule is CCCCC/C=C\C/C=C\CCCCCCCC(=O)OCC(COP(=O)(O)OCC(O)COP(=O)(O)OCC(COC(=O)CCCCCCCCCCCCCCC)OC(=O)CCCCCCCCCCCCC)OC(=O)CCCCCCCCCCCCCCC. The minimum absolute atomic E-state index is 0.102. The lowest BCUT2D eigenvalue weighted by atomic mass is 10.0. The number of rotatable bonds is 72. The van der Waals surface area contributed by atoms with E-state index < -0.39 is 97.5 Å². The second-order valence-corrected chi connectivity index (χ2v) is 28.5. The third kappa shape index (κ3) is 66.2. The van der Waals surface area contributed by atoms with Gasteiger partial charge in [-0.3, -0.25) is 37.3 Å². The van der Waals surface area contributed by atoms with Gasteiger partial charge in [-0.2, -0.15) is 0 Å². The molecule has 92 heavy (non-hydrogen) atoms. The first kappa shape index (κ1) is 89.5. The average Bonchev–Trinajstić information content (AvgIpc) is 2.73. The molecule has 5 unspecified atom stereocenters. The van der Waals surface area contributed by atoms with Gasteiger partial charge in [0.1, 0.15) is 19.3 Å². The molecule has 0 rings (SSSR count). The molecule has 0 fully saturated rings. The summed E-state index contributed by atoms with van der Waals surface area (Å²) in [6, 6.07) is 0. The lowest BCUT2D eigenvalue weighted by Crippen LogP contribution is -2.30. The smallest absolute Gasteiger partial charge is 0.462 e. The first-order valence-electron chi connectivity index (χ1n) is 37.6. The van der Waals surface area contributed by atoms with Crippen LogP contribution in [0.3, 0.4) is 0 Å². The fraction of sp³-hybridized carbons (Fsp3) is 0.890. The maximum Gasteiger partial charge on any atom is 0.472 e. The minimum atomic E-state index is -4.96. The van der Waals surface area contributed by atoms with Crippen molar-refractivity contribution in [3.8, 4) is 0 Å². The number of carbonyl (C=O) groups is 4. The lowest BCUT2D eigenvalue weighted by molar-refractivity contribution is -0.161. The third-order valence-electron chi connectivity index (χ3n) is 16.4. The molecule has 0 saturated carbocycles. The van der Waals surface area contributed by atoms with Crippen LogP contribution in [0.4, 0.5) is 0 Å². The highest BCUT2D eigenvalue weighted by Crippen LogP contribution is 2.45. The fourth-order valence-corrected chi connectivity index (χ4v) is 12.2. The maximum absolute atomic E-state index is 13.0. The molecule has 17 nitrogen and oxygen atoms in total. The summed E-state index contributed by atoms with van der Waals surface area (Å²) < 4.78 is 68.4. The Morgan fingerprint density at radius 3 is 0.826 bits per heavy atom. The number of unbranched alkanes of at least 4 members (excludes halogenated alkanes) is 42. The molecule has 0 spiro atoms. The molecule has 542 valence electrons. The summed E-state index contributed by atoms with van der Waals surface area (Å²) >= 11 is 0. The van der Waals surface area contributed by atoms with Gasteiger partial charge in [-0.1, -0.05) is 302 Å². The summed E-state index contributed by atoms with van der Waals surface area (Å²) in [5.41, 5.74) is 0. The van der Waals surface area contributed by atoms with E-state index in [-0.39, 0.29) is 25.7 Å². The number of allylic oxidation sites excluding steroid dienone is 4. The number of carbonyl (C=O) groups excluding carboxylic acids is 4. The molecule has 0 radical (unpaired) electrons. The second kappa shape index (κ2) is 67.1. The number of hydrogen-bond acceptors (Lipinski definition) is 15. The quantitative estimate of drug-likeness (QED) is 0.0169. The van der Waals surface area contributed by atoms with E-state index in [0.717, 1.165) is 116 Å². The van der Waals surface area contributed by atoms with Gasteiger partial charge in [0.15, 0.2) is 12.2 Å². The van der Waals surface area contributed by atoms with E-state index in [1.807, 2.05) is 0 Å². The van der Waals surface area contributed by atoms with E-state index in [1.54, 1.807) is 0 Å². The predicted octanol–water partition coefficient (Wildman–Crippen LogP) is 21.0. The Morgan fingerprint density at radius 1 is 0.304 bits per heavy atom. The molecular formula is C73H138O17P2. The second-order valence-electron chi connectivity index (χ2n) is 25.6. The van der Waals surface area contributed by atoms with Crippen molar-refractivity contribution in [1.29, 1.82) is 0 Å². The molecule has 19 heteroatoms. The molecule has 0 aliphatic heterocycles. The molecule has 5 atom stereocenters. The van der Waals surface area contributed by atoms with E-state index in [1.165, 1.54) is 167 Å². The summed E-state index contributed by atoms with van der Waals surface area (Å²) in [7, 11) is -9.91. The molecule has 0 aromatic heterocycles. The van der Waals surface area contributed by atoms with E-state index >= 15 is 0 Å². The van der Waals surface area contributed by atoms with Crippen molar-refractivity contribution in [2.24, 2.45) is 0 Å². The van der Waals surface area contributed by atoms with E-state index in [2.05, 4.69) is 52.0 Å². The summed E-state index contributed by atoms with van der Waals surface area (Å²) in [6.07, 6.45) is 58.8. The van der Waals surface area contributed by atoms with Crippen molar-refractivity contribution in [3.05, 3.63) is 24.3 Å². The Hall–Kier alpha value is -2.46. The molecular weight excluding hydrogens is 1210 g/mol. The van der Waals surface area contributed by atoms with E-state index in [9.17, 15) is 43.2 Å². The molecule has 0 amide bonds. The van der Waals surface area contributed by atoms with Crippen molar-refractivity contribution in [2.75, 3.05) is 39.6 Å². The highest BCUT2D eigenvalue weighted by Gasteiger charge is 2.30. The number of esters is 4. The van der Waals surface area contributed by atoms with Gasteiger partial charge in [0.2, 0.25) is 0 Å². The first-order chi connectivity index (χ1) is 44.7. The van der Waals surface area contributed by atoms with Crippen LogP contribution in [0.2, 0.25) is 0 Å². The van der Waals surface area contributed by atoms with Gasteiger partial charge < -0.3 is 33.8 Å². The van der Waals surface area contributed by atoms with Crippen LogP contribution >= 0.6 is 15.6 Å². The molecule has 0 heterocycles. The Kier molecular flexibility index (Phi) is 65.3. The normalized spacial score (nSPS) is 14.1. The van der Waals surface area contributed by atoms with Gasteiger partial charge >= 0.3 is 39.5 Å². The van der Waals surface area contributed by atoms with Crippen LogP contribution in [0.15, 0.2) is 24.3 Å². The summed E-state index contributed by atoms with van der Waals surface area (Å²) in [4.78, 5) is 72.7. The lowest BCUT2D eigenvalue weighted by Gasteiger charge is -2.21. The van der Waals surface area contributed by atoms with Crippen LogP contribution < -0.4 is 0 Å². The number of aliphatic hydroxyl groups is 1. The standard InChI is InChI=1S/C73H138O17P2/c1-5-9-13-17-21-25-29-32-33-36-39-42-46-50-54-58-71(76)84-64-69(90-73(78)60-56-52-48-44-40-35-31-27-23-19-15-11-7-3)66-88-92(81,82)86-62-67(74)61-85-91(79,80)87-65-68(89-72(77)59-55-51-47-43-37-28-24-20-16-12-8-4)63-83-70(75)57-53-49-45-41-38-34-30-26-22-18-14-10-6-2/h21,25,32-33,67-69,74H,5-20,22-24,26-31,34-66H2,1-4H3,(H,79,80)(H,81,82)/b25-21-,33-32-. The number of aliphatic hydroxyl groups excluding tert-OH is 1. The van der Waals surface area contributed by atoms with Crippen molar-refractivity contribution < 1.29 is 80.2 Å². The van der Waals surface area contributed by atoms with Crippen LogP contribution in [-0.2, 0) is 65.4 Å². The van der Waals surface area contributed by atoms with Crippen molar-refractivity contribution in [1.82, 2.24) is 0 Å². The number of ether oxygens (including phenoxy) is 4. The van der Waals surface area contributed by atoms with Crippen molar-refractivity contribution in [2.45, 2.75) is 380 Å². The van der Waals surface area contributed by atoms with Crippen LogP contribution in [0.25, 0.3) is 0 Å². The van der Waals surface area contributed by atoms with Crippen molar-refractivity contribution in [3.63, 3.8) is 0 Å². The topological polar surface area (TPSA) is 237 Å². The van der Waals surface area contributed by atoms with Crippen LogP contribution in [0.5, 0.6) is 0 Å². The molecule has 0 aliphatic rings. The van der Waals surface area contributed by atoms with Crippen LogP contribution in [-0.4, -0.2) is 96.7 Å². The summed E-state index contributed by atoms with van der Waals surface area (Å²) in [5.74, 6) is -2.14. The average molecular weight is 1350 g/mol. The summed E-state index contributed by atoms with van der Waals surface area (Å²) in [6.45, 7) is 4.90. The highest BCUT2D eigenvalue weighted by molar-refractivity contribution is 7.47. The molecule has 3 N–H and O–H groups in total. The van der Waals surface area contributed by atoms with Gasteiger partial charge in [0.25, 0.3) is 0 Å². The van der Waals surface area contributed by atoms with E-state index in [0.29, 0.717) is 25.7 Å². The molecule has 0 saturated heterocycles. The molecule has 0 aromatic carbocycles. The van der Waals surface area contributed by atoms with Gasteiger partial charge in [-0.15, -0.1) is 0 Å². The zero-order chi connectivity index (χ0) is 67.5. The predicted molar refractivity (Wildman–Crippen MR) is 372 cm³/mol. The zero-order valence-electron chi connectivity index (χ0n) is 59.0. The summed E-state index contributed by atoms with van der Waals surface area (Å²) in [5, 5.41) is 10.6. The van der Waals surface area contributed by atoms with E-state index in [4.69, 9.17) is 37.0 Å². The molecule has 0 bridgehead atoms. The zero-order valence-corrected chi connectivity index (χ0v) is 60.8. The monoisotopic (exact) mass is 1350 g/mol. The largest absolute Gasteiger partial charge is 0.472 e. The first-order valence-corrected chi connectivity index (χ1v) is 40.6. The number of phosphoric ester groups is 2. The Balaban J connectivity index is 5.27. The fourth-order valence-electron chi connectivity index (χ4n) is 10.7. The maximum atomic E-state index is 13.0. The minimum Gasteiger partial charge on any atom is -0.462 e. The third-order valence-corrected chi connectivity index (χ3v) is 18.4. The Morgan fingerprint density at radius 2 is 0.533 bits per heavy atom. The highest BCUT2D eigenvalue weighted by atomic mass is 31.2. The molecule has 0 aromatic rings. The molecule has 0 aliphatic carbocycles. The van der Waals surface area contributed by atoms with Gasteiger partial charge in [-0.05, 0) is 57.8 Å². The van der Waals surface area contributed by atoms with Gasteiger partial charge in [0.05, 0.1) is 26.4 Å². The van der Waals surface area contributed by atoms with Gasteiger partial charge in [0, 0.05) is 25.7 Å². The van der Waals surface area contributed by atoms with Crippen molar-refractivity contribution >= 4 is 39.5 Å². The van der Waals surface area contributed by atoms with Gasteiger partial charge in [-0.25, -0.2) is 9.13 Å². The van der Waals surface area contributed by atoms with Crippen LogP contribution in [0.1, 0.15) is 362 Å². The Bertz CT molecular complexity index is 1850.